The second kappa shape index (κ2) is 6.37. The molecule has 1 atom stereocenters. The number of sulfonamides is 1. The monoisotopic (exact) mass is 335 g/mol. The average molecular weight is 335 g/mol. The first-order chi connectivity index (χ1) is 10.9. The predicted octanol–water partition coefficient (Wildman–Crippen LogP) is 1.09. The third kappa shape index (κ3) is 3.76. The van der Waals surface area contributed by atoms with Gasteiger partial charge in [0.2, 0.25) is 10.0 Å². The summed E-state index contributed by atoms with van der Waals surface area (Å²) in [5.41, 5.74) is 1.62. The lowest BCUT2D eigenvalue weighted by molar-refractivity contribution is 0.265. The highest BCUT2D eigenvalue weighted by molar-refractivity contribution is 7.88. The largest absolute Gasteiger partial charge is 0.333 e. The molecule has 0 N–H and O–H groups in total. The summed E-state index contributed by atoms with van der Waals surface area (Å²) in [6, 6.07) is 0. The van der Waals surface area contributed by atoms with Gasteiger partial charge in [-0.25, -0.2) is 22.7 Å². The van der Waals surface area contributed by atoms with E-state index in [1.165, 1.54) is 6.26 Å². The molecule has 0 radical (unpaired) electrons. The fourth-order valence-corrected chi connectivity index (χ4v) is 3.96. The van der Waals surface area contributed by atoms with Gasteiger partial charge in [0.25, 0.3) is 0 Å². The lowest BCUT2D eigenvalue weighted by Gasteiger charge is -2.30. The average Bonchev–Trinajstić information content (AvgIpc) is 2.93. The van der Waals surface area contributed by atoms with Crippen LogP contribution < -0.4 is 0 Å². The molecular formula is C15H21N5O2S. The van der Waals surface area contributed by atoms with Crippen LogP contribution in [-0.4, -0.2) is 51.6 Å². The van der Waals surface area contributed by atoms with Crippen LogP contribution >= 0.6 is 0 Å². The summed E-state index contributed by atoms with van der Waals surface area (Å²) >= 11 is 0. The summed E-state index contributed by atoms with van der Waals surface area (Å²) in [5, 5.41) is 0. The molecule has 1 fully saturated rings. The number of aromatic nitrogens is 4. The molecule has 2 aromatic rings. The minimum atomic E-state index is -3.12. The normalized spacial score (nSPS) is 19.8. The standard InChI is InChI=1S/C15H21N5O2S/c1-19-7-5-17-15(19)14-10-16-9-13(18-14)8-12-4-3-6-20(11-12)23(2,21)22/h5,7,9-10,12H,3-4,6,8,11H2,1-2H3/t12-/m0/s1. The predicted molar refractivity (Wildman–Crippen MR) is 87.1 cm³/mol. The van der Waals surface area contributed by atoms with Crippen LogP contribution in [0.5, 0.6) is 0 Å². The van der Waals surface area contributed by atoms with Crippen LogP contribution in [0.25, 0.3) is 11.5 Å². The molecule has 2 aromatic heterocycles. The number of piperidine rings is 1. The van der Waals surface area contributed by atoms with Gasteiger partial charge in [0.1, 0.15) is 5.69 Å². The topological polar surface area (TPSA) is 81.0 Å². The van der Waals surface area contributed by atoms with Gasteiger partial charge in [0.15, 0.2) is 5.82 Å². The molecule has 0 amide bonds. The minimum absolute atomic E-state index is 0.282. The van der Waals surface area contributed by atoms with Gasteiger partial charge >= 0.3 is 0 Å². The number of rotatable bonds is 4. The Hall–Kier alpha value is -1.80. The van der Waals surface area contributed by atoms with Crippen LogP contribution in [0, 0.1) is 5.92 Å². The van der Waals surface area contributed by atoms with Crippen molar-refractivity contribution < 1.29 is 8.42 Å². The molecule has 1 saturated heterocycles. The Kier molecular flexibility index (Phi) is 4.45. The molecule has 3 heterocycles. The highest BCUT2D eigenvalue weighted by Crippen LogP contribution is 2.22. The molecule has 0 aromatic carbocycles. The zero-order valence-electron chi connectivity index (χ0n) is 13.4. The zero-order valence-corrected chi connectivity index (χ0v) is 14.2. The Morgan fingerprint density at radius 2 is 2.17 bits per heavy atom. The minimum Gasteiger partial charge on any atom is -0.333 e. The smallest absolute Gasteiger partial charge is 0.211 e. The molecule has 23 heavy (non-hydrogen) atoms. The second-order valence-corrected chi connectivity index (χ2v) is 8.07. The highest BCUT2D eigenvalue weighted by atomic mass is 32.2. The van der Waals surface area contributed by atoms with Crippen molar-refractivity contribution >= 4 is 10.0 Å². The first kappa shape index (κ1) is 16.1. The van der Waals surface area contributed by atoms with Crippen molar-refractivity contribution in [3.05, 3.63) is 30.5 Å². The van der Waals surface area contributed by atoms with Gasteiger partial charge < -0.3 is 4.57 Å². The van der Waals surface area contributed by atoms with Crippen molar-refractivity contribution in [3.63, 3.8) is 0 Å². The van der Waals surface area contributed by atoms with E-state index in [0.29, 0.717) is 13.1 Å². The molecule has 8 heteroatoms. The van der Waals surface area contributed by atoms with Gasteiger partial charge in [-0.2, -0.15) is 0 Å². The summed E-state index contributed by atoms with van der Waals surface area (Å²) in [7, 11) is -1.20. The van der Waals surface area contributed by atoms with Gasteiger partial charge in [-0.1, -0.05) is 0 Å². The van der Waals surface area contributed by atoms with Crippen LogP contribution in [0.2, 0.25) is 0 Å². The number of imidazole rings is 1. The van der Waals surface area contributed by atoms with E-state index in [9.17, 15) is 8.42 Å². The van der Waals surface area contributed by atoms with Gasteiger partial charge in [0.05, 0.1) is 18.1 Å². The van der Waals surface area contributed by atoms with E-state index < -0.39 is 10.0 Å². The van der Waals surface area contributed by atoms with E-state index in [0.717, 1.165) is 36.5 Å². The van der Waals surface area contributed by atoms with Crippen molar-refractivity contribution in [2.75, 3.05) is 19.3 Å². The fraction of sp³-hybridized carbons (Fsp3) is 0.533. The Morgan fingerprint density at radius 3 is 2.87 bits per heavy atom. The van der Waals surface area contributed by atoms with Crippen LogP contribution in [0.3, 0.4) is 0 Å². The van der Waals surface area contributed by atoms with Gasteiger partial charge in [0, 0.05) is 38.7 Å². The fourth-order valence-electron chi connectivity index (χ4n) is 3.02. The van der Waals surface area contributed by atoms with E-state index in [2.05, 4.69) is 15.0 Å². The Bertz CT molecular complexity index is 787. The summed E-state index contributed by atoms with van der Waals surface area (Å²) in [5.74, 6) is 1.06. The third-order valence-electron chi connectivity index (χ3n) is 4.18. The van der Waals surface area contributed by atoms with Crippen molar-refractivity contribution in [2.45, 2.75) is 19.3 Å². The highest BCUT2D eigenvalue weighted by Gasteiger charge is 2.26. The Morgan fingerprint density at radius 1 is 1.35 bits per heavy atom. The van der Waals surface area contributed by atoms with E-state index >= 15 is 0 Å². The van der Waals surface area contributed by atoms with Crippen molar-refractivity contribution in [1.29, 1.82) is 0 Å². The second-order valence-electron chi connectivity index (χ2n) is 6.09. The molecule has 1 aliphatic heterocycles. The maximum absolute atomic E-state index is 11.7. The van der Waals surface area contributed by atoms with Crippen LogP contribution in [0.15, 0.2) is 24.8 Å². The molecule has 1 aliphatic rings. The van der Waals surface area contributed by atoms with Crippen LogP contribution in [0.4, 0.5) is 0 Å². The molecule has 0 spiro atoms. The number of nitrogens with zero attached hydrogens (tertiary/aromatic N) is 5. The summed E-state index contributed by atoms with van der Waals surface area (Å²) in [4.78, 5) is 13.2. The molecule has 0 saturated carbocycles. The summed E-state index contributed by atoms with van der Waals surface area (Å²) in [6.45, 7) is 1.18. The summed E-state index contributed by atoms with van der Waals surface area (Å²) < 4.78 is 26.9. The molecular weight excluding hydrogens is 314 g/mol. The van der Waals surface area contributed by atoms with Gasteiger partial charge in [-0.05, 0) is 25.2 Å². The lowest BCUT2D eigenvalue weighted by Crippen LogP contribution is -2.39. The Balaban J connectivity index is 1.75. The quantitative estimate of drug-likeness (QED) is 0.835. The van der Waals surface area contributed by atoms with E-state index in [1.807, 2.05) is 17.8 Å². The van der Waals surface area contributed by atoms with Crippen LogP contribution in [-0.2, 0) is 23.5 Å². The lowest BCUT2D eigenvalue weighted by atomic mass is 9.95. The van der Waals surface area contributed by atoms with E-state index in [1.54, 1.807) is 22.9 Å². The number of hydrogen-bond acceptors (Lipinski definition) is 5. The number of aryl methyl sites for hydroxylation is 1. The van der Waals surface area contributed by atoms with Gasteiger partial charge in [-0.3, -0.25) is 4.98 Å². The third-order valence-corrected chi connectivity index (χ3v) is 5.45. The van der Waals surface area contributed by atoms with Crippen LogP contribution in [0.1, 0.15) is 18.5 Å². The first-order valence-corrected chi connectivity index (χ1v) is 9.52. The molecule has 0 bridgehead atoms. The molecule has 7 nitrogen and oxygen atoms in total. The SMILES string of the molecule is Cn1ccnc1-c1cncc(C[C@@H]2CCCN(S(C)(=O)=O)C2)n1. The van der Waals surface area contributed by atoms with Gasteiger partial charge in [-0.15, -0.1) is 0 Å². The summed E-state index contributed by atoms with van der Waals surface area (Å²) in [6.07, 6.45) is 11.0. The molecule has 0 unspecified atom stereocenters. The Labute approximate surface area is 136 Å². The van der Waals surface area contributed by atoms with Crippen molar-refractivity contribution in [1.82, 2.24) is 23.8 Å². The maximum Gasteiger partial charge on any atom is 0.211 e. The van der Waals surface area contributed by atoms with E-state index in [4.69, 9.17) is 0 Å². The maximum atomic E-state index is 11.7. The van der Waals surface area contributed by atoms with Crippen molar-refractivity contribution in [3.8, 4) is 11.5 Å². The zero-order chi connectivity index (χ0) is 16.4. The van der Waals surface area contributed by atoms with Crippen molar-refractivity contribution in [2.24, 2.45) is 13.0 Å². The molecule has 3 rings (SSSR count). The first-order valence-electron chi connectivity index (χ1n) is 7.67. The molecule has 124 valence electrons. The molecule has 0 aliphatic carbocycles. The van der Waals surface area contributed by atoms with E-state index in [-0.39, 0.29) is 5.92 Å². The number of hydrogen-bond donors (Lipinski definition) is 0.